The van der Waals surface area contributed by atoms with Gasteiger partial charge in [-0.15, -0.1) is 0 Å². The van der Waals surface area contributed by atoms with Gasteiger partial charge in [-0.05, 0) is 24.4 Å². The van der Waals surface area contributed by atoms with Crippen LogP contribution in [0.5, 0.6) is 5.75 Å². The van der Waals surface area contributed by atoms with Gasteiger partial charge in [0.15, 0.2) is 4.77 Å². The van der Waals surface area contributed by atoms with Crippen molar-refractivity contribution in [2.75, 3.05) is 0 Å². The summed E-state index contributed by atoms with van der Waals surface area (Å²) in [6, 6.07) is 8.88. The molecule has 0 amide bonds. The minimum absolute atomic E-state index is 0.404. The summed E-state index contributed by atoms with van der Waals surface area (Å²) >= 11 is 5.04. The summed E-state index contributed by atoms with van der Waals surface area (Å²) in [6.07, 6.45) is 2.78. The van der Waals surface area contributed by atoms with Crippen molar-refractivity contribution in [1.29, 1.82) is 0 Å². The summed E-state index contributed by atoms with van der Waals surface area (Å²) < 4.78 is 8.49. The van der Waals surface area contributed by atoms with Crippen LogP contribution in [0.3, 0.4) is 0 Å². The maximum absolute atomic E-state index is 11.7. The lowest BCUT2D eigenvalue weighted by Crippen LogP contribution is -2.16. The van der Waals surface area contributed by atoms with Gasteiger partial charge >= 0.3 is 6.09 Å². The molecule has 82 valence electrons. The minimum atomic E-state index is -0.503. The molecule has 0 bridgehead atoms. The van der Waals surface area contributed by atoms with E-state index in [2.05, 4.69) is 0 Å². The first kappa shape index (κ1) is 10.6. The smallest absolute Gasteiger partial charge is 0.410 e. The predicted octanol–water partition coefficient (Wildman–Crippen LogP) is 2.60. The molecule has 0 saturated heterocycles. The molecule has 0 unspecified atom stereocenters. The molecule has 4 nitrogen and oxygen atoms in total. The Morgan fingerprint density at radius 2 is 1.94 bits per heavy atom. The van der Waals surface area contributed by atoms with Crippen molar-refractivity contribution >= 4 is 18.3 Å². The predicted molar refractivity (Wildman–Crippen MR) is 62.1 cm³/mol. The Morgan fingerprint density at radius 3 is 2.50 bits per heavy atom. The van der Waals surface area contributed by atoms with Crippen molar-refractivity contribution in [3.63, 3.8) is 0 Å². The fraction of sp³-hybridized carbons (Fsp3) is 0.0909. The second-order valence-corrected chi connectivity index (χ2v) is 3.61. The van der Waals surface area contributed by atoms with E-state index in [1.54, 1.807) is 48.3 Å². The SMILES string of the molecule is Cn1ccn(C(=O)Oc2ccccc2)c1=S. The zero-order valence-electron chi connectivity index (χ0n) is 8.66. The monoisotopic (exact) mass is 234 g/mol. The molecule has 5 heteroatoms. The van der Waals surface area contributed by atoms with Crippen molar-refractivity contribution in [2.45, 2.75) is 0 Å². The molecule has 0 radical (unpaired) electrons. The number of imidazole rings is 1. The first-order valence-corrected chi connectivity index (χ1v) is 5.10. The van der Waals surface area contributed by atoms with Gasteiger partial charge in [-0.3, -0.25) is 0 Å². The number of aromatic nitrogens is 2. The molecular weight excluding hydrogens is 224 g/mol. The Bertz CT molecular complexity index is 557. The molecule has 0 saturated carbocycles. The number of ether oxygens (including phenoxy) is 1. The Morgan fingerprint density at radius 1 is 1.25 bits per heavy atom. The molecule has 0 aliphatic rings. The zero-order valence-corrected chi connectivity index (χ0v) is 9.48. The van der Waals surface area contributed by atoms with Crippen molar-refractivity contribution in [2.24, 2.45) is 7.05 Å². The molecule has 1 aromatic carbocycles. The summed E-state index contributed by atoms with van der Waals surface area (Å²) in [6.45, 7) is 0. The van der Waals surface area contributed by atoms with E-state index in [1.165, 1.54) is 4.57 Å². The van der Waals surface area contributed by atoms with E-state index in [0.29, 0.717) is 10.5 Å². The molecule has 0 aliphatic heterocycles. The summed E-state index contributed by atoms with van der Waals surface area (Å²) in [5, 5.41) is 0. The molecule has 0 aliphatic carbocycles. The van der Waals surface area contributed by atoms with Crippen molar-refractivity contribution in [3.8, 4) is 5.75 Å². The second-order valence-electron chi connectivity index (χ2n) is 3.24. The average molecular weight is 234 g/mol. The van der Waals surface area contributed by atoms with Gasteiger partial charge in [0.2, 0.25) is 0 Å². The summed E-state index contributed by atoms with van der Waals surface area (Å²) in [4.78, 5) is 11.7. The van der Waals surface area contributed by atoms with Gasteiger partial charge in [-0.2, -0.15) is 0 Å². The molecule has 2 aromatic rings. The summed E-state index contributed by atoms with van der Waals surface area (Å²) in [5.74, 6) is 0.498. The number of hydrogen-bond donors (Lipinski definition) is 0. The Kier molecular flexibility index (Phi) is 2.87. The number of aryl methyl sites for hydroxylation is 1. The third kappa shape index (κ3) is 2.04. The van der Waals surface area contributed by atoms with Crippen LogP contribution >= 0.6 is 12.2 Å². The highest BCUT2D eigenvalue weighted by molar-refractivity contribution is 7.71. The van der Waals surface area contributed by atoms with Crippen LogP contribution in [0.15, 0.2) is 42.7 Å². The van der Waals surface area contributed by atoms with Gasteiger partial charge in [0.25, 0.3) is 0 Å². The lowest BCUT2D eigenvalue weighted by Gasteiger charge is -2.03. The van der Waals surface area contributed by atoms with E-state index in [1.807, 2.05) is 6.07 Å². The van der Waals surface area contributed by atoms with Crippen LogP contribution in [0.25, 0.3) is 0 Å². The van der Waals surface area contributed by atoms with E-state index in [-0.39, 0.29) is 0 Å². The Hall–Kier alpha value is -1.88. The maximum Gasteiger partial charge on any atom is 0.425 e. The van der Waals surface area contributed by atoms with Crippen LogP contribution in [0, 0.1) is 4.77 Å². The Balaban J connectivity index is 2.22. The van der Waals surface area contributed by atoms with Gasteiger partial charge in [-0.1, -0.05) is 18.2 Å². The van der Waals surface area contributed by atoms with Crippen molar-refractivity contribution in [3.05, 3.63) is 47.5 Å². The number of para-hydroxylation sites is 1. The van der Waals surface area contributed by atoms with Crippen molar-refractivity contribution < 1.29 is 9.53 Å². The fourth-order valence-corrected chi connectivity index (χ4v) is 1.44. The highest BCUT2D eigenvalue weighted by Gasteiger charge is 2.08. The molecule has 0 atom stereocenters. The van der Waals surface area contributed by atoms with Gasteiger partial charge in [0, 0.05) is 19.4 Å². The number of rotatable bonds is 1. The highest BCUT2D eigenvalue weighted by Crippen LogP contribution is 2.09. The minimum Gasteiger partial charge on any atom is -0.410 e. The van der Waals surface area contributed by atoms with Crippen molar-refractivity contribution in [1.82, 2.24) is 9.13 Å². The molecule has 0 N–H and O–H groups in total. The first-order chi connectivity index (χ1) is 7.68. The zero-order chi connectivity index (χ0) is 11.5. The number of benzene rings is 1. The van der Waals surface area contributed by atoms with Crippen LogP contribution in [-0.2, 0) is 7.05 Å². The molecule has 0 spiro atoms. The van der Waals surface area contributed by atoms with E-state index in [0.717, 1.165) is 0 Å². The number of nitrogens with zero attached hydrogens (tertiary/aromatic N) is 2. The molecule has 16 heavy (non-hydrogen) atoms. The summed E-state index contributed by atoms with van der Waals surface area (Å²) in [7, 11) is 1.77. The van der Waals surface area contributed by atoms with Crippen LogP contribution in [0.1, 0.15) is 0 Å². The second kappa shape index (κ2) is 4.32. The van der Waals surface area contributed by atoms with E-state index in [9.17, 15) is 4.79 Å². The first-order valence-electron chi connectivity index (χ1n) is 4.69. The van der Waals surface area contributed by atoms with E-state index in [4.69, 9.17) is 17.0 Å². The molecule has 2 rings (SSSR count). The quantitative estimate of drug-likeness (QED) is 0.711. The number of carbonyl (C=O) groups excluding carboxylic acids is 1. The molecule has 1 aromatic heterocycles. The average Bonchev–Trinajstić information content (AvgIpc) is 2.61. The Labute approximate surface area is 97.7 Å². The van der Waals surface area contributed by atoms with Gasteiger partial charge in [0.1, 0.15) is 5.75 Å². The number of carbonyl (C=O) groups is 1. The normalized spacial score (nSPS) is 10.1. The standard InChI is InChI=1S/C11H10N2O2S/c1-12-7-8-13(10(12)16)11(14)15-9-5-3-2-4-6-9/h2-8H,1H3. The third-order valence-electron chi connectivity index (χ3n) is 2.09. The fourth-order valence-electron chi connectivity index (χ4n) is 1.24. The number of hydrogen-bond acceptors (Lipinski definition) is 3. The molecular formula is C11H10N2O2S. The van der Waals surface area contributed by atoms with Crippen LogP contribution in [0.4, 0.5) is 4.79 Å². The lowest BCUT2D eigenvalue weighted by molar-refractivity contribution is 0.201. The van der Waals surface area contributed by atoms with E-state index < -0.39 is 6.09 Å². The lowest BCUT2D eigenvalue weighted by atomic mass is 10.3. The van der Waals surface area contributed by atoms with Crippen LogP contribution in [0.2, 0.25) is 0 Å². The topological polar surface area (TPSA) is 36.2 Å². The van der Waals surface area contributed by atoms with Crippen LogP contribution < -0.4 is 4.74 Å². The maximum atomic E-state index is 11.7. The molecule has 1 heterocycles. The molecule has 0 fully saturated rings. The summed E-state index contributed by atoms with van der Waals surface area (Å²) in [5.41, 5.74) is 0. The third-order valence-corrected chi connectivity index (χ3v) is 2.58. The van der Waals surface area contributed by atoms with Gasteiger partial charge in [0.05, 0.1) is 0 Å². The van der Waals surface area contributed by atoms with E-state index >= 15 is 0 Å². The van der Waals surface area contributed by atoms with Gasteiger partial charge in [-0.25, -0.2) is 9.36 Å². The van der Waals surface area contributed by atoms with Gasteiger partial charge < -0.3 is 9.30 Å². The largest absolute Gasteiger partial charge is 0.425 e. The van der Waals surface area contributed by atoms with Crippen LogP contribution in [-0.4, -0.2) is 15.2 Å². The highest BCUT2D eigenvalue weighted by atomic mass is 32.1.